The number of ether oxygens (including phenoxy) is 1. The minimum Gasteiger partial charge on any atom is -0.477 e. The fraction of sp³-hybridized carbons (Fsp3) is 0.176. The largest absolute Gasteiger partial charge is 0.477 e. The van der Waals surface area contributed by atoms with E-state index in [1.165, 1.54) is 5.56 Å². The van der Waals surface area contributed by atoms with Crippen molar-refractivity contribution in [1.29, 1.82) is 0 Å². The van der Waals surface area contributed by atoms with Gasteiger partial charge >= 0.3 is 0 Å². The molecule has 0 saturated heterocycles. The number of para-hydroxylation sites is 2. The third-order valence-electron chi connectivity index (χ3n) is 3.13. The first-order valence-corrected chi connectivity index (χ1v) is 6.80. The zero-order chi connectivity index (χ0) is 13.6. The molecule has 3 heteroatoms. The van der Waals surface area contributed by atoms with Gasteiger partial charge in [0.1, 0.15) is 0 Å². The Balaban J connectivity index is 1.55. The molecule has 1 heterocycles. The topological polar surface area (TPSA) is 35.0 Å². The van der Waals surface area contributed by atoms with E-state index in [0.717, 1.165) is 23.9 Å². The summed E-state index contributed by atoms with van der Waals surface area (Å²) < 4.78 is 5.66. The van der Waals surface area contributed by atoms with Crippen molar-refractivity contribution in [3.63, 3.8) is 0 Å². The second-order valence-electron chi connectivity index (χ2n) is 4.63. The quantitative estimate of drug-likeness (QED) is 0.660. The number of aromatic nitrogens is 2. The van der Waals surface area contributed by atoms with E-state index >= 15 is 0 Å². The molecule has 0 bridgehead atoms. The molecular weight excluding hydrogens is 248 g/mol. The number of nitrogens with zero attached hydrogens (tertiary/aromatic N) is 2. The van der Waals surface area contributed by atoms with E-state index in [4.69, 9.17) is 4.74 Å². The SMILES string of the molecule is c1ccc(CCCOc2cnc3ccccc3n2)cc1. The highest BCUT2D eigenvalue weighted by Crippen LogP contribution is 2.13. The normalized spacial score (nSPS) is 10.6. The summed E-state index contributed by atoms with van der Waals surface area (Å²) in [5.41, 5.74) is 3.10. The van der Waals surface area contributed by atoms with Gasteiger partial charge in [-0.1, -0.05) is 42.5 Å². The lowest BCUT2D eigenvalue weighted by Gasteiger charge is -2.06. The molecule has 3 rings (SSSR count). The van der Waals surface area contributed by atoms with Crippen molar-refractivity contribution in [3.05, 3.63) is 66.4 Å². The number of hydrogen-bond donors (Lipinski definition) is 0. The van der Waals surface area contributed by atoms with Crippen LogP contribution in [-0.2, 0) is 6.42 Å². The molecule has 0 N–H and O–H groups in total. The maximum Gasteiger partial charge on any atom is 0.232 e. The van der Waals surface area contributed by atoms with Gasteiger partial charge in [0.15, 0.2) is 0 Å². The van der Waals surface area contributed by atoms with E-state index in [1.807, 2.05) is 30.3 Å². The molecule has 0 saturated carbocycles. The Morgan fingerprint density at radius 2 is 1.60 bits per heavy atom. The summed E-state index contributed by atoms with van der Waals surface area (Å²) in [7, 11) is 0. The van der Waals surface area contributed by atoms with Crippen LogP contribution in [-0.4, -0.2) is 16.6 Å². The zero-order valence-electron chi connectivity index (χ0n) is 11.2. The third kappa shape index (κ3) is 3.12. The van der Waals surface area contributed by atoms with Crippen molar-refractivity contribution in [2.75, 3.05) is 6.61 Å². The number of aryl methyl sites for hydroxylation is 1. The lowest BCUT2D eigenvalue weighted by Crippen LogP contribution is -2.01. The maximum atomic E-state index is 5.66. The summed E-state index contributed by atoms with van der Waals surface area (Å²) in [5.74, 6) is 0.594. The predicted molar refractivity (Wildman–Crippen MR) is 79.8 cm³/mol. The van der Waals surface area contributed by atoms with Crippen molar-refractivity contribution >= 4 is 11.0 Å². The highest BCUT2D eigenvalue weighted by molar-refractivity contribution is 5.73. The van der Waals surface area contributed by atoms with Gasteiger partial charge in [-0.2, -0.15) is 0 Å². The van der Waals surface area contributed by atoms with Crippen LogP contribution in [0.3, 0.4) is 0 Å². The van der Waals surface area contributed by atoms with Crippen molar-refractivity contribution in [2.24, 2.45) is 0 Å². The number of fused-ring (bicyclic) bond motifs is 1. The molecule has 1 aromatic heterocycles. The number of benzene rings is 2. The summed E-state index contributed by atoms with van der Waals surface area (Å²) in [6.45, 7) is 0.655. The average molecular weight is 264 g/mol. The second-order valence-corrected chi connectivity index (χ2v) is 4.63. The summed E-state index contributed by atoms with van der Waals surface area (Å²) in [5, 5.41) is 0. The van der Waals surface area contributed by atoms with Gasteiger partial charge in [0.2, 0.25) is 5.88 Å². The fourth-order valence-corrected chi connectivity index (χ4v) is 2.11. The van der Waals surface area contributed by atoms with E-state index in [1.54, 1.807) is 6.20 Å². The molecule has 0 radical (unpaired) electrons. The lowest BCUT2D eigenvalue weighted by atomic mass is 10.1. The summed E-state index contributed by atoms with van der Waals surface area (Å²) in [6.07, 6.45) is 3.67. The molecule has 0 fully saturated rings. The Labute approximate surface area is 118 Å². The van der Waals surface area contributed by atoms with Crippen LogP contribution in [0.4, 0.5) is 0 Å². The second kappa shape index (κ2) is 6.15. The van der Waals surface area contributed by atoms with Crippen molar-refractivity contribution in [2.45, 2.75) is 12.8 Å². The summed E-state index contributed by atoms with van der Waals surface area (Å²) >= 11 is 0. The van der Waals surface area contributed by atoms with Crippen LogP contribution in [0.1, 0.15) is 12.0 Å². The lowest BCUT2D eigenvalue weighted by molar-refractivity contribution is 0.299. The molecule has 0 atom stereocenters. The van der Waals surface area contributed by atoms with Crippen LogP contribution in [0.15, 0.2) is 60.8 Å². The molecule has 2 aromatic carbocycles. The molecule has 0 aliphatic carbocycles. The molecule has 0 aliphatic heterocycles. The van der Waals surface area contributed by atoms with Crippen molar-refractivity contribution < 1.29 is 4.74 Å². The van der Waals surface area contributed by atoms with Gasteiger partial charge in [0, 0.05) is 0 Å². The van der Waals surface area contributed by atoms with Crippen molar-refractivity contribution in [3.8, 4) is 5.88 Å². The van der Waals surface area contributed by atoms with E-state index in [-0.39, 0.29) is 0 Å². The Morgan fingerprint density at radius 3 is 2.45 bits per heavy atom. The van der Waals surface area contributed by atoms with Crippen LogP contribution in [0.5, 0.6) is 5.88 Å². The third-order valence-corrected chi connectivity index (χ3v) is 3.13. The smallest absolute Gasteiger partial charge is 0.232 e. The fourth-order valence-electron chi connectivity index (χ4n) is 2.11. The highest BCUT2D eigenvalue weighted by Gasteiger charge is 2.00. The highest BCUT2D eigenvalue weighted by atomic mass is 16.5. The monoisotopic (exact) mass is 264 g/mol. The van der Waals surface area contributed by atoms with E-state index in [9.17, 15) is 0 Å². The minimum atomic E-state index is 0.594. The molecule has 100 valence electrons. The van der Waals surface area contributed by atoms with E-state index in [2.05, 4.69) is 34.2 Å². The molecule has 3 nitrogen and oxygen atoms in total. The predicted octanol–water partition coefficient (Wildman–Crippen LogP) is 3.64. The molecule has 0 aliphatic rings. The first kappa shape index (κ1) is 12.6. The number of rotatable bonds is 5. The Bertz CT molecular complexity index is 683. The van der Waals surface area contributed by atoms with Gasteiger partial charge in [-0.25, -0.2) is 9.97 Å². The molecule has 0 spiro atoms. The van der Waals surface area contributed by atoms with Crippen molar-refractivity contribution in [1.82, 2.24) is 9.97 Å². The van der Waals surface area contributed by atoms with Crippen LogP contribution < -0.4 is 4.74 Å². The van der Waals surface area contributed by atoms with Crippen LogP contribution >= 0.6 is 0 Å². The average Bonchev–Trinajstić information content (AvgIpc) is 2.52. The van der Waals surface area contributed by atoms with Crippen LogP contribution in [0.2, 0.25) is 0 Å². The first-order chi connectivity index (χ1) is 9.92. The van der Waals surface area contributed by atoms with Gasteiger partial charge in [0.05, 0.1) is 23.8 Å². The minimum absolute atomic E-state index is 0.594. The molecule has 0 amide bonds. The summed E-state index contributed by atoms with van der Waals surface area (Å²) in [4.78, 5) is 8.77. The first-order valence-electron chi connectivity index (χ1n) is 6.80. The van der Waals surface area contributed by atoms with Gasteiger partial charge in [-0.3, -0.25) is 0 Å². The van der Waals surface area contributed by atoms with Gasteiger partial charge in [-0.15, -0.1) is 0 Å². The van der Waals surface area contributed by atoms with E-state index in [0.29, 0.717) is 12.5 Å². The van der Waals surface area contributed by atoms with Crippen LogP contribution in [0, 0.1) is 0 Å². The van der Waals surface area contributed by atoms with Crippen LogP contribution in [0.25, 0.3) is 11.0 Å². The Morgan fingerprint density at radius 1 is 0.850 bits per heavy atom. The summed E-state index contributed by atoms with van der Waals surface area (Å²) in [6, 6.07) is 18.2. The standard InChI is InChI=1S/C17H16N2O/c1-2-7-14(8-3-1)9-6-12-20-17-13-18-15-10-4-5-11-16(15)19-17/h1-5,7-8,10-11,13H,6,9,12H2. The Hall–Kier alpha value is -2.42. The van der Waals surface area contributed by atoms with Gasteiger partial charge < -0.3 is 4.74 Å². The maximum absolute atomic E-state index is 5.66. The van der Waals surface area contributed by atoms with E-state index < -0.39 is 0 Å². The zero-order valence-corrected chi connectivity index (χ0v) is 11.2. The molecular formula is C17H16N2O. The van der Waals surface area contributed by atoms with Gasteiger partial charge in [0.25, 0.3) is 0 Å². The Kier molecular flexibility index (Phi) is 3.88. The van der Waals surface area contributed by atoms with Gasteiger partial charge in [-0.05, 0) is 30.5 Å². The molecule has 3 aromatic rings. The molecule has 0 unspecified atom stereocenters. The molecule has 20 heavy (non-hydrogen) atoms. The number of hydrogen-bond acceptors (Lipinski definition) is 3.